The maximum atomic E-state index is 11.9. The Morgan fingerprint density at radius 2 is 1.65 bits per heavy atom. The van der Waals surface area contributed by atoms with E-state index in [0.29, 0.717) is 5.69 Å². The van der Waals surface area contributed by atoms with Crippen molar-refractivity contribution >= 4 is 15.7 Å². The zero-order valence-corrected chi connectivity index (χ0v) is 11.9. The molecule has 0 unspecified atom stereocenters. The van der Waals surface area contributed by atoms with Crippen LogP contribution in [-0.4, -0.2) is 13.7 Å². The van der Waals surface area contributed by atoms with Gasteiger partial charge in [-0.2, -0.15) is 0 Å². The summed E-state index contributed by atoms with van der Waals surface area (Å²) in [5, 5.41) is -0.435. The second-order valence-corrected chi connectivity index (χ2v) is 7.73. The predicted molar refractivity (Wildman–Crippen MR) is 72.8 cm³/mol. The molecule has 1 N–H and O–H groups in total. The molecule has 0 spiro atoms. The van der Waals surface area contributed by atoms with Crippen LogP contribution >= 0.6 is 0 Å². The molecule has 0 bridgehead atoms. The molecule has 0 radical (unpaired) electrons. The van der Waals surface area contributed by atoms with Crippen LogP contribution in [0.2, 0.25) is 0 Å². The van der Waals surface area contributed by atoms with E-state index in [-0.39, 0.29) is 5.41 Å². The van der Waals surface area contributed by atoms with E-state index >= 15 is 0 Å². The van der Waals surface area contributed by atoms with Gasteiger partial charge in [0.15, 0.2) is 0 Å². The van der Waals surface area contributed by atoms with Crippen molar-refractivity contribution in [3.8, 4) is 0 Å². The summed E-state index contributed by atoms with van der Waals surface area (Å²) in [5.41, 5.74) is 1.59. The standard InChI is InChI=1S/C13H21NO2S/c1-10(2)17(15,16)14-12-9-7-6-8-11(12)13(3,4)5/h6-10,14H,1-5H3. The fraction of sp³-hybridized carbons (Fsp3) is 0.538. The molecule has 0 aliphatic carbocycles. The normalized spacial score (nSPS) is 12.8. The first-order valence-electron chi connectivity index (χ1n) is 5.76. The molecule has 1 aromatic rings. The lowest BCUT2D eigenvalue weighted by molar-refractivity contribution is 0.587. The highest BCUT2D eigenvalue weighted by Crippen LogP contribution is 2.30. The number of rotatable bonds is 3. The molecule has 0 atom stereocenters. The quantitative estimate of drug-likeness (QED) is 0.902. The van der Waals surface area contributed by atoms with Gasteiger partial charge < -0.3 is 0 Å². The van der Waals surface area contributed by atoms with Crippen LogP contribution in [0.5, 0.6) is 0 Å². The Morgan fingerprint density at radius 3 is 2.12 bits per heavy atom. The van der Waals surface area contributed by atoms with Crippen LogP contribution in [0.4, 0.5) is 5.69 Å². The van der Waals surface area contributed by atoms with Gasteiger partial charge in [0.25, 0.3) is 0 Å². The van der Waals surface area contributed by atoms with E-state index in [1.807, 2.05) is 18.2 Å². The molecule has 0 aliphatic heterocycles. The van der Waals surface area contributed by atoms with Crippen LogP contribution in [0.1, 0.15) is 40.2 Å². The smallest absolute Gasteiger partial charge is 0.235 e. The second-order valence-electron chi connectivity index (χ2n) is 5.49. The highest BCUT2D eigenvalue weighted by atomic mass is 32.2. The highest BCUT2D eigenvalue weighted by Gasteiger charge is 2.22. The molecule has 0 saturated carbocycles. The molecule has 3 nitrogen and oxygen atoms in total. The van der Waals surface area contributed by atoms with Crippen molar-refractivity contribution in [1.82, 2.24) is 0 Å². The molecule has 17 heavy (non-hydrogen) atoms. The van der Waals surface area contributed by atoms with E-state index in [0.717, 1.165) is 5.56 Å². The van der Waals surface area contributed by atoms with Gasteiger partial charge in [-0.1, -0.05) is 39.0 Å². The number of para-hydroxylation sites is 1. The Bertz CT molecular complexity index is 484. The lowest BCUT2D eigenvalue weighted by Gasteiger charge is -2.23. The largest absolute Gasteiger partial charge is 0.283 e. The third-order valence-electron chi connectivity index (χ3n) is 2.61. The zero-order chi connectivity index (χ0) is 13.3. The van der Waals surface area contributed by atoms with Crippen LogP contribution in [0.3, 0.4) is 0 Å². The zero-order valence-electron chi connectivity index (χ0n) is 11.1. The van der Waals surface area contributed by atoms with E-state index in [1.54, 1.807) is 19.9 Å². The highest BCUT2D eigenvalue weighted by molar-refractivity contribution is 7.93. The van der Waals surface area contributed by atoms with Gasteiger partial charge in [0, 0.05) is 0 Å². The summed E-state index contributed by atoms with van der Waals surface area (Å²) >= 11 is 0. The van der Waals surface area contributed by atoms with E-state index in [4.69, 9.17) is 0 Å². The molecule has 1 aromatic carbocycles. The van der Waals surface area contributed by atoms with Crippen molar-refractivity contribution in [2.24, 2.45) is 0 Å². The molecule has 96 valence electrons. The van der Waals surface area contributed by atoms with Crippen molar-refractivity contribution in [3.05, 3.63) is 29.8 Å². The minimum atomic E-state index is -3.28. The van der Waals surface area contributed by atoms with Crippen LogP contribution in [0, 0.1) is 0 Å². The van der Waals surface area contributed by atoms with Crippen molar-refractivity contribution in [2.75, 3.05) is 4.72 Å². The van der Waals surface area contributed by atoms with E-state index in [2.05, 4.69) is 25.5 Å². The molecular formula is C13H21NO2S. The summed E-state index contributed by atoms with van der Waals surface area (Å²) in [6.45, 7) is 9.53. The van der Waals surface area contributed by atoms with Gasteiger partial charge in [0.2, 0.25) is 10.0 Å². The SMILES string of the molecule is CC(C)S(=O)(=O)Nc1ccccc1C(C)(C)C. The van der Waals surface area contributed by atoms with Crippen molar-refractivity contribution in [1.29, 1.82) is 0 Å². The summed E-state index contributed by atoms with van der Waals surface area (Å²) in [5.74, 6) is 0. The van der Waals surface area contributed by atoms with Gasteiger partial charge in [-0.3, -0.25) is 4.72 Å². The Hall–Kier alpha value is -1.03. The van der Waals surface area contributed by atoms with E-state index in [9.17, 15) is 8.42 Å². The third kappa shape index (κ3) is 3.46. The van der Waals surface area contributed by atoms with Crippen LogP contribution < -0.4 is 4.72 Å². The average Bonchev–Trinajstić information content (AvgIpc) is 2.15. The third-order valence-corrected chi connectivity index (χ3v) is 4.35. The summed E-state index contributed by atoms with van der Waals surface area (Å²) in [6.07, 6.45) is 0. The van der Waals surface area contributed by atoms with Gasteiger partial charge in [-0.25, -0.2) is 8.42 Å². The Labute approximate surface area is 104 Å². The van der Waals surface area contributed by atoms with Crippen LogP contribution in [0.25, 0.3) is 0 Å². The molecule has 0 amide bonds. The molecule has 0 aliphatic rings. The number of hydrogen-bond donors (Lipinski definition) is 1. The fourth-order valence-corrected chi connectivity index (χ4v) is 2.22. The Kier molecular flexibility index (Phi) is 3.87. The molecule has 0 fully saturated rings. The number of nitrogens with one attached hydrogen (secondary N) is 1. The van der Waals surface area contributed by atoms with Gasteiger partial charge >= 0.3 is 0 Å². The monoisotopic (exact) mass is 255 g/mol. The topological polar surface area (TPSA) is 46.2 Å². The van der Waals surface area contributed by atoms with Crippen LogP contribution in [0.15, 0.2) is 24.3 Å². The van der Waals surface area contributed by atoms with E-state index in [1.165, 1.54) is 0 Å². The van der Waals surface area contributed by atoms with Gasteiger partial charge in [-0.15, -0.1) is 0 Å². The molecule has 0 saturated heterocycles. The Balaban J connectivity index is 3.17. The summed E-state index contributed by atoms with van der Waals surface area (Å²) < 4.78 is 26.4. The first-order chi connectivity index (χ1) is 7.64. The number of hydrogen-bond acceptors (Lipinski definition) is 2. The lowest BCUT2D eigenvalue weighted by Crippen LogP contribution is -2.24. The molecule has 0 aromatic heterocycles. The minimum Gasteiger partial charge on any atom is -0.283 e. The first-order valence-corrected chi connectivity index (χ1v) is 7.30. The summed E-state index contributed by atoms with van der Waals surface area (Å²) in [7, 11) is -3.28. The molecule has 1 rings (SSSR count). The Morgan fingerprint density at radius 1 is 1.12 bits per heavy atom. The van der Waals surface area contributed by atoms with Crippen LogP contribution in [-0.2, 0) is 15.4 Å². The van der Waals surface area contributed by atoms with Gasteiger partial charge in [0.1, 0.15) is 0 Å². The predicted octanol–water partition coefficient (Wildman–Crippen LogP) is 3.13. The van der Waals surface area contributed by atoms with Gasteiger partial charge in [0.05, 0.1) is 10.9 Å². The number of sulfonamides is 1. The fourth-order valence-electron chi connectivity index (χ4n) is 1.50. The first kappa shape index (κ1) is 14.0. The maximum Gasteiger partial charge on any atom is 0.235 e. The van der Waals surface area contributed by atoms with Crippen molar-refractivity contribution in [3.63, 3.8) is 0 Å². The molecule has 0 heterocycles. The molecule has 4 heteroatoms. The minimum absolute atomic E-state index is 0.0872. The average molecular weight is 255 g/mol. The maximum absolute atomic E-state index is 11.9. The summed E-state index contributed by atoms with van der Waals surface area (Å²) in [4.78, 5) is 0. The number of anilines is 1. The van der Waals surface area contributed by atoms with Gasteiger partial charge in [-0.05, 0) is 30.9 Å². The van der Waals surface area contributed by atoms with Crippen molar-refractivity contribution < 1.29 is 8.42 Å². The summed E-state index contributed by atoms with van der Waals surface area (Å²) in [6, 6.07) is 7.53. The second kappa shape index (κ2) is 4.69. The van der Waals surface area contributed by atoms with Crippen molar-refractivity contribution in [2.45, 2.75) is 45.3 Å². The lowest BCUT2D eigenvalue weighted by atomic mass is 9.86. The van der Waals surface area contributed by atoms with E-state index < -0.39 is 15.3 Å². The molecular weight excluding hydrogens is 234 g/mol. The number of benzene rings is 1.